The van der Waals surface area contributed by atoms with Crippen LogP contribution in [0.5, 0.6) is 0 Å². The summed E-state index contributed by atoms with van der Waals surface area (Å²) in [5.74, 6) is 0.783. The number of hydrogen-bond acceptors (Lipinski definition) is 3. The number of amides is 3. The summed E-state index contributed by atoms with van der Waals surface area (Å²) < 4.78 is 0. The van der Waals surface area contributed by atoms with Crippen LogP contribution in [0, 0.1) is 0 Å². The van der Waals surface area contributed by atoms with Crippen molar-refractivity contribution in [2.45, 2.75) is 19.3 Å². The summed E-state index contributed by atoms with van der Waals surface area (Å²) in [7, 11) is 1.65. The largest absolute Gasteiger partial charge is 0.326 e. The van der Waals surface area contributed by atoms with Gasteiger partial charge in [-0.2, -0.15) is 12.6 Å². The molecule has 0 saturated carbocycles. The van der Waals surface area contributed by atoms with Crippen LogP contribution >= 0.6 is 12.6 Å². The van der Waals surface area contributed by atoms with E-state index in [4.69, 9.17) is 0 Å². The Morgan fingerprint density at radius 1 is 1.29 bits per heavy atom. The summed E-state index contributed by atoms with van der Waals surface area (Å²) in [5.41, 5.74) is 0. The highest BCUT2D eigenvalue weighted by molar-refractivity contribution is 7.80. The van der Waals surface area contributed by atoms with Crippen LogP contribution in [0.2, 0.25) is 0 Å². The van der Waals surface area contributed by atoms with Gasteiger partial charge in [0.25, 0.3) is 0 Å². The molecule has 0 aromatic heterocycles. The molecule has 4 nitrogen and oxygen atoms in total. The number of carbonyl (C=O) groups excluding carboxylic acids is 2. The van der Waals surface area contributed by atoms with E-state index < -0.39 is 0 Å². The normalized spacial score (nSPS) is 17.0. The number of nitrogens with zero attached hydrogens (tertiary/aromatic N) is 2. The lowest BCUT2D eigenvalue weighted by molar-refractivity contribution is -0.125. The predicted molar refractivity (Wildman–Crippen MR) is 57.4 cm³/mol. The summed E-state index contributed by atoms with van der Waals surface area (Å²) in [4.78, 5) is 25.5. The van der Waals surface area contributed by atoms with Crippen molar-refractivity contribution >= 4 is 24.6 Å². The first-order valence-electron chi connectivity index (χ1n) is 4.83. The summed E-state index contributed by atoms with van der Waals surface area (Å²) >= 11 is 4.10. The fourth-order valence-electron chi connectivity index (χ4n) is 1.45. The average molecular weight is 216 g/mol. The van der Waals surface area contributed by atoms with E-state index in [1.54, 1.807) is 7.05 Å². The maximum Gasteiger partial charge on any atom is 0.326 e. The minimum absolute atomic E-state index is 0.0802. The van der Waals surface area contributed by atoms with E-state index in [0.717, 1.165) is 25.0 Å². The third kappa shape index (κ3) is 2.64. The maximum absolute atomic E-state index is 11.4. The number of carbonyl (C=O) groups is 2. The molecule has 0 N–H and O–H groups in total. The molecule has 3 amide bonds. The van der Waals surface area contributed by atoms with Crippen LogP contribution in [0.4, 0.5) is 4.79 Å². The molecule has 1 saturated heterocycles. The van der Waals surface area contributed by atoms with Gasteiger partial charge in [0.1, 0.15) is 6.54 Å². The lowest BCUT2D eigenvalue weighted by Crippen LogP contribution is -2.32. The Balaban J connectivity index is 2.30. The topological polar surface area (TPSA) is 40.6 Å². The molecule has 5 heteroatoms. The van der Waals surface area contributed by atoms with E-state index in [-0.39, 0.29) is 18.5 Å². The molecule has 1 fully saturated rings. The van der Waals surface area contributed by atoms with Crippen molar-refractivity contribution in [1.82, 2.24) is 9.80 Å². The van der Waals surface area contributed by atoms with E-state index in [1.807, 2.05) is 0 Å². The van der Waals surface area contributed by atoms with E-state index >= 15 is 0 Å². The molecule has 1 aliphatic heterocycles. The molecule has 0 atom stereocenters. The summed E-state index contributed by atoms with van der Waals surface area (Å²) in [6.07, 6.45) is 2.94. The SMILES string of the molecule is CN1CC(=O)N(CCCCCS)C1=O. The molecule has 0 spiro atoms. The number of imide groups is 1. The lowest BCUT2D eigenvalue weighted by atomic mass is 10.2. The van der Waals surface area contributed by atoms with Gasteiger partial charge in [-0.15, -0.1) is 0 Å². The monoisotopic (exact) mass is 216 g/mol. The Bertz CT molecular complexity index is 233. The van der Waals surface area contributed by atoms with E-state index in [2.05, 4.69) is 12.6 Å². The van der Waals surface area contributed by atoms with Crippen molar-refractivity contribution < 1.29 is 9.59 Å². The molecule has 0 radical (unpaired) electrons. The molecular formula is C9H16N2O2S. The first kappa shape index (κ1) is 11.4. The zero-order valence-electron chi connectivity index (χ0n) is 8.40. The number of urea groups is 1. The van der Waals surface area contributed by atoms with Crippen molar-refractivity contribution in [2.75, 3.05) is 25.9 Å². The molecular weight excluding hydrogens is 200 g/mol. The molecule has 0 aromatic carbocycles. The van der Waals surface area contributed by atoms with Crippen LogP contribution in [0.15, 0.2) is 0 Å². The Labute approximate surface area is 89.7 Å². The van der Waals surface area contributed by atoms with E-state index in [1.165, 1.54) is 9.80 Å². The molecule has 14 heavy (non-hydrogen) atoms. The Morgan fingerprint density at radius 3 is 2.50 bits per heavy atom. The lowest BCUT2D eigenvalue weighted by Gasteiger charge is -2.13. The summed E-state index contributed by atoms with van der Waals surface area (Å²) in [5, 5.41) is 0. The van der Waals surface area contributed by atoms with Crippen LogP contribution < -0.4 is 0 Å². The van der Waals surface area contributed by atoms with Crippen LogP contribution in [-0.4, -0.2) is 47.6 Å². The predicted octanol–water partition coefficient (Wildman–Crippen LogP) is 0.980. The minimum atomic E-state index is -0.166. The van der Waals surface area contributed by atoms with Gasteiger partial charge in [-0.25, -0.2) is 4.79 Å². The molecule has 0 aliphatic carbocycles. The van der Waals surface area contributed by atoms with Gasteiger partial charge in [0.15, 0.2) is 0 Å². The molecule has 80 valence electrons. The van der Waals surface area contributed by atoms with Crippen molar-refractivity contribution in [3.05, 3.63) is 0 Å². The van der Waals surface area contributed by atoms with Crippen LogP contribution in [0.1, 0.15) is 19.3 Å². The number of thiol groups is 1. The molecule has 1 rings (SSSR count). The third-order valence-corrected chi connectivity index (χ3v) is 2.59. The zero-order valence-corrected chi connectivity index (χ0v) is 9.30. The van der Waals surface area contributed by atoms with Crippen molar-refractivity contribution in [3.8, 4) is 0 Å². The fraction of sp³-hybridized carbons (Fsp3) is 0.778. The maximum atomic E-state index is 11.4. The van der Waals surface area contributed by atoms with Crippen LogP contribution in [0.25, 0.3) is 0 Å². The molecule has 1 heterocycles. The summed E-state index contributed by atoms with van der Waals surface area (Å²) in [6, 6.07) is -0.166. The van der Waals surface area contributed by atoms with Gasteiger partial charge in [0, 0.05) is 13.6 Å². The second kappa shape index (κ2) is 5.24. The molecule has 0 unspecified atom stereocenters. The van der Waals surface area contributed by atoms with Crippen LogP contribution in [0.3, 0.4) is 0 Å². The van der Waals surface area contributed by atoms with Crippen LogP contribution in [-0.2, 0) is 4.79 Å². The number of unbranched alkanes of at least 4 members (excludes halogenated alkanes) is 2. The minimum Gasteiger partial charge on any atom is -0.318 e. The van der Waals surface area contributed by atoms with Gasteiger partial charge in [-0.1, -0.05) is 6.42 Å². The highest BCUT2D eigenvalue weighted by atomic mass is 32.1. The molecule has 0 bridgehead atoms. The van der Waals surface area contributed by atoms with E-state index in [9.17, 15) is 9.59 Å². The van der Waals surface area contributed by atoms with Crippen molar-refractivity contribution in [3.63, 3.8) is 0 Å². The molecule has 0 aromatic rings. The van der Waals surface area contributed by atoms with Gasteiger partial charge >= 0.3 is 6.03 Å². The van der Waals surface area contributed by atoms with Crippen molar-refractivity contribution in [1.29, 1.82) is 0 Å². The number of rotatable bonds is 5. The Hall–Kier alpha value is -0.710. The highest BCUT2D eigenvalue weighted by Crippen LogP contribution is 2.09. The van der Waals surface area contributed by atoms with Gasteiger partial charge in [0.05, 0.1) is 0 Å². The highest BCUT2D eigenvalue weighted by Gasteiger charge is 2.32. The number of hydrogen-bond donors (Lipinski definition) is 1. The standard InChI is InChI=1S/C9H16N2O2S/c1-10-7-8(12)11(9(10)13)5-3-2-4-6-14/h14H,2-7H2,1H3. The first-order chi connectivity index (χ1) is 6.66. The number of likely N-dealkylation sites (N-methyl/N-ethyl adjacent to an activating group) is 1. The average Bonchev–Trinajstić information content (AvgIpc) is 2.38. The fourth-order valence-corrected chi connectivity index (χ4v) is 1.67. The zero-order chi connectivity index (χ0) is 10.6. The summed E-state index contributed by atoms with van der Waals surface area (Å²) in [6.45, 7) is 0.779. The van der Waals surface area contributed by atoms with E-state index in [0.29, 0.717) is 6.54 Å². The Morgan fingerprint density at radius 2 is 2.00 bits per heavy atom. The van der Waals surface area contributed by atoms with Crippen molar-refractivity contribution in [2.24, 2.45) is 0 Å². The second-order valence-corrected chi connectivity index (χ2v) is 3.92. The third-order valence-electron chi connectivity index (χ3n) is 2.27. The van der Waals surface area contributed by atoms with Gasteiger partial charge < -0.3 is 4.90 Å². The van der Waals surface area contributed by atoms with Gasteiger partial charge in [-0.3, -0.25) is 9.69 Å². The first-order valence-corrected chi connectivity index (χ1v) is 5.46. The molecule has 1 aliphatic rings. The second-order valence-electron chi connectivity index (χ2n) is 3.47. The smallest absolute Gasteiger partial charge is 0.318 e. The van der Waals surface area contributed by atoms with Gasteiger partial charge in [-0.05, 0) is 18.6 Å². The van der Waals surface area contributed by atoms with Gasteiger partial charge in [0.2, 0.25) is 5.91 Å². The quantitative estimate of drug-likeness (QED) is 0.423. The Kier molecular flexibility index (Phi) is 4.25.